The van der Waals surface area contributed by atoms with Gasteiger partial charge in [-0.2, -0.15) is 0 Å². The summed E-state index contributed by atoms with van der Waals surface area (Å²) in [5, 5.41) is 7.17. The minimum atomic E-state index is -0.327. The molecule has 19 rings (SSSR count). The van der Waals surface area contributed by atoms with Crippen LogP contribution < -0.4 is 26.2 Å². The zero-order valence-electron chi connectivity index (χ0n) is 55.3. The van der Waals surface area contributed by atoms with E-state index in [0.717, 1.165) is 131 Å². The van der Waals surface area contributed by atoms with E-state index in [1.54, 1.807) is 0 Å². The Kier molecular flexibility index (Phi) is 13.3. The second-order valence-electron chi connectivity index (χ2n) is 27.7. The average Bonchev–Trinajstić information content (AvgIpc) is 0.737. The first-order chi connectivity index (χ1) is 48.3. The first-order valence-corrected chi connectivity index (χ1v) is 34.7. The van der Waals surface area contributed by atoms with E-state index in [-0.39, 0.29) is 12.1 Å². The molecule has 0 fully saturated rings. The van der Waals surface area contributed by atoms with Crippen molar-refractivity contribution >= 4 is 123 Å². The van der Waals surface area contributed by atoms with Gasteiger partial charge in [0.2, 0.25) is 0 Å². The second-order valence-corrected chi connectivity index (χ2v) is 27.7. The largest absolute Gasteiger partial charge is 0.456 e. The van der Waals surface area contributed by atoms with Gasteiger partial charge < -0.3 is 23.4 Å². The van der Waals surface area contributed by atoms with Gasteiger partial charge in [0.15, 0.2) is 0 Å². The predicted molar refractivity (Wildman–Crippen MR) is 415 cm³/mol. The van der Waals surface area contributed by atoms with Crippen molar-refractivity contribution in [2.75, 3.05) is 9.80 Å². The number of aryl methyl sites for hydroxylation is 1. The number of fused-ring (bicyclic) bond motifs is 13. The van der Waals surface area contributed by atoms with E-state index in [1.807, 2.05) is 0 Å². The molecule has 14 aromatic carbocycles. The monoisotopic (exact) mass is 1260 g/mol. The highest BCUT2D eigenvalue weighted by atomic mass is 16.3. The summed E-state index contributed by atoms with van der Waals surface area (Å²) in [7, 11) is 0. The van der Waals surface area contributed by atoms with Gasteiger partial charge in [0.1, 0.15) is 11.2 Å². The molecule has 5 heterocycles. The number of nitrogens with zero attached hydrogens (tertiary/aromatic N) is 4. The number of rotatable bonds is 11. The quantitative estimate of drug-likeness (QED) is 0.121. The maximum Gasteiger partial charge on any atom is 0.252 e. The van der Waals surface area contributed by atoms with Gasteiger partial charge in [0.05, 0.1) is 33.4 Å². The van der Waals surface area contributed by atoms with Crippen molar-refractivity contribution in [3.63, 3.8) is 0 Å². The van der Waals surface area contributed by atoms with Gasteiger partial charge in [-0.25, -0.2) is 0 Å². The van der Waals surface area contributed by atoms with Gasteiger partial charge in [-0.3, -0.25) is 0 Å². The van der Waals surface area contributed by atoms with E-state index in [0.29, 0.717) is 0 Å². The molecule has 0 atom stereocenters. The number of aromatic nitrogens is 2. The molecule has 466 valence electrons. The Balaban J connectivity index is 1.00. The van der Waals surface area contributed by atoms with Gasteiger partial charge >= 0.3 is 0 Å². The Bertz CT molecular complexity index is 5870. The summed E-state index contributed by atoms with van der Waals surface area (Å²) in [4.78, 5) is 5.44. The third-order valence-corrected chi connectivity index (χ3v) is 21.0. The molecule has 0 radical (unpaired) electrons. The number of benzene rings is 14. The normalized spacial score (nSPS) is 12.8. The summed E-state index contributed by atoms with van der Waals surface area (Å²) in [5.41, 5.74) is 30.5. The molecule has 0 saturated heterocycles. The van der Waals surface area contributed by atoms with Crippen LogP contribution in [0.25, 0.3) is 121 Å². The third-order valence-electron chi connectivity index (χ3n) is 21.0. The SMILES string of the molecule is CCCCc1c(N2c3cc(-n4c5ccccc5c5ccccc54)ccc3B3c4ccc(-n5c6ccccc6c6ccccc65)cc4N(c4c(-c5ccccc5)cc(-c5ccccc5)cc4-c4ccccc4)c4cc(C(C)(C)C)cc2c43)c(-c2ccccc2)cc2c1oc1ccccc12. The summed E-state index contributed by atoms with van der Waals surface area (Å²) in [6.07, 6.45) is 2.79. The van der Waals surface area contributed by atoms with Crippen molar-refractivity contribution in [2.24, 2.45) is 0 Å². The van der Waals surface area contributed by atoms with Crippen molar-refractivity contribution in [1.82, 2.24) is 9.13 Å². The van der Waals surface area contributed by atoms with E-state index in [2.05, 4.69) is 356 Å². The number of hydrogen-bond donors (Lipinski definition) is 0. The lowest BCUT2D eigenvalue weighted by Gasteiger charge is -2.46. The van der Waals surface area contributed by atoms with Crippen molar-refractivity contribution in [2.45, 2.75) is 52.4 Å². The van der Waals surface area contributed by atoms with Gasteiger partial charge in [0.25, 0.3) is 6.71 Å². The number of anilines is 6. The van der Waals surface area contributed by atoms with E-state index >= 15 is 0 Å². The summed E-state index contributed by atoms with van der Waals surface area (Å²) in [6.45, 7) is 9.26. The highest BCUT2D eigenvalue weighted by Crippen LogP contribution is 2.55. The molecule has 98 heavy (non-hydrogen) atoms. The number of para-hydroxylation sites is 5. The zero-order valence-corrected chi connectivity index (χ0v) is 55.3. The molecule has 0 bridgehead atoms. The average molecular weight is 1260 g/mol. The lowest BCUT2D eigenvalue weighted by atomic mass is 9.33. The Hall–Kier alpha value is -11.9. The minimum absolute atomic E-state index is 0.232. The fraction of sp³-hybridized carbons (Fsp3) is 0.0870. The number of hydrogen-bond acceptors (Lipinski definition) is 3. The lowest BCUT2D eigenvalue weighted by molar-refractivity contribution is 0.590. The van der Waals surface area contributed by atoms with Crippen LogP contribution in [-0.2, 0) is 11.8 Å². The van der Waals surface area contributed by atoms with Crippen LogP contribution in [-0.4, -0.2) is 15.8 Å². The molecule has 0 aliphatic carbocycles. The highest BCUT2D eigenvalue weighted by molar-refractivity contribution is 7.00. The van der Waals surface area contributed by atoms with Gasteiger partial charge in [0, 0.05) is 88.7 Å². The van der Waals surface area contributed by atoms with Gasteiger partial charge in [-0.1, -0.05) is 259 Å². The van der Waals surface area contributed by atoms with E-state index in [4.69, 9.17) is 4.42 Å². The fourth-order valence-corrected chi connectivity index (χ4v) is 16.5. The van der Waals surface area contributed by atoms with Crippen LogP contribution in [0, 0.1) is 0 Å². The standard InChI is InChI=1S/C92H69BN4O/c1-5-6-37-72-89(75(62-35-17-10-18-36-62)58-76-71-42-23-28-47-87(71)98-91(72)76)96-83-56-65(94-79-43-24-19-38-67(79)68-39-20-25-44-80(68)94)48-50-77(83)93-78-51-49-66(95-81-45-26-21-40-69(81)70-41-22-27-46-82(70)95)57-84(78)97(86-55-64(92(2,3)4)54-85(96)88(86)93)90-73(60-31-13-8-14-32-60)52-63(59-29-11-7-12-30-59)53-74(90)61-33-15-9-16-34-61/h7-36,38-58H,5-6,37H2,1-4H3. The summed E-state index contributed by atoms with van der Waals surface area (Å²) in [5.74, 6) is 0. The Morgan fingerprint density at radius 2 is 0.745 bits per heavy atom. The lowest BCUT2D eigenvalue weighted by Crippen LogP contribution is -2.61. The van der Waals surface area contributed by atoms with Crippen molar-refractivity contribution < 1.29 is 4.42 Å². The Labute approximate surface area is 571 Å². The maximum absolute atomic E-state index is 7.34. The summed E-state index contributed by atoms with van der Waals surface area (Å²) in [6, 6.07) is 116. The van der Waals surface area contributed by atoms with Crippen molar-refractivity contribution in [1.29, 1.82) is 0 Å². The van der Waals surface area contributed by atoms with Crippen molar-refractivity contribution in [3.8, 4) is 55.9 Å². The summed E-state index contributed by atoms with van der Waals surface area (Å²) < 4.78 is 12.3. The first kappa shape index (κ1) is 57.6. The smallest absolute Gasteiger partial charge is 0.252 e. The molecule has 0 unspecified atom stereocenters. The van der Waals surface area contributed by atoms with Crippen LogP contribution in [0.4, 0.5) is 34.1 Å². The molecule has 2 aliphatic heterocycles. The molecular formula is C92H69BN4O. The second kappa shape index (κ2) is 22.6. The summed E-state index contributed by atoms with van der Waals surface area (Å²) >= 11 is 0. The van der Waals surface area contributed by atoms with Crippen LogP contribution >= 0.6 is 0 Å². The van der Waals surface area contributed by atoms with Crippen LogP contribution in [0.3, 0.4) is 0 Å². The Morgan fingerprint density at radius 1 is 0.347 bits per heavy atom. The molecule has 3 aromatic heterocycles. The van der Waals surface area contributed by atoms with E-state index < -0.39 is 0 Å². The molecule has 17 aromatic rings. The predicted octanol–water partition coefficient (Wildman–Crippen LogP) is 23.2. The molecule has 0 amide bonds. The molecular weight excluding hydrogens is 1190 g/mol. The molecule has 0 N–H and O–H groups in total. The van der Waals surface area contributed by atoms with E-state index in [9.17, 15) is 0 Å². The molecule has 0 spiro atoms. The van der Waals surface area contributed by atoms with Gasteiger partial charge in [-0.05, 0) is 153 Å². The zero-order chi connectivity index (χ0) is 65.3. The minimum Gasteiger partial charge on any atom is -0.456 e. The van der Waals surface area contributed by atoms with Crippen LogP contribution in [0.5, 0.6) is 0 Å². The number of unbranched alkanes of at least 4 members (excludes halogenated alkanes) is 1. The highest BCUT2D eigenvalue weighted by Gasteiger charge is 2.46. The molecule has 2 aliphatic rings. The van der Waals surface area contributed by atoms with Crippen LogP contribution in [0.15, 0.2) is 314 Å². The van der Waals surface area contributed by atoms with Gasteiger partial charge in [-0.15, -0.1) is 0 Å². The number of furan rings is 1. The molecule has 5 nitrogen and oxygen atoms in total. The first-order valence-electron chi connectivity index (χ1n) is 34.7. The Morgan fingerprint density at radius 3 is 1.19 bits per heavy atom. The molecule has 6 heteroatoms. The molecule has 0 saturated carbocycles. The maximum atomic E-state index is 7.34. The van der Waals surface area contributed by atoms with Crippen LogP contribution in [0.1, 0.15) is 51.7 Å². The van der Waals surface area contributed by atoms with E-state index in [1.165, 1.54) is 71.1 Å². The fourth-order valence-electron chi connectivity index (χ4n) is 16.5. The van der Waals surface area contributed by atoms with Crippen LogP contribution in [0.2, 0.25) is 0 Å². The third kappa shape index (κ3) is 8.94. The van der Waals surface area contributed by atoms with Crippen molar-refractivity contribution in [3.05, 3.63) is 321 Å². The topological polar surface area (TPSA) is 29.5 Å².